The predicted molar refractivity (Wildman–Crippen MR) is 96.7 cm³/mol. The second-order valence-electron chi connectivity index (χ2n) is 5.01. The summed E-state index contributed by atoms with van der Waals surface area (Å²) in [4.78, 5) is 18.2. The Morgan fingerprint density at radius 2 is 2.17 bits per heavy atom. The number of hydrogen-bond donors (Lipinski definition) is 0. The molecule has 3 nitrogen and oxygen atoms in total. The zero-order chi connectivity index (χ0) is 16.4. The Balaban J connectivity index is 1.81. The van der Waals surface area contributed by atoms with Crippen LogP contribution < -0.4 is 0 Å². The van der Waals surface area contributed by atoms with Gasteiger partial charge in [-0.2, -0.15) is 0 Å². The van der Waals surface area contributed by atoms with Crippen molar-refractivity contribution in [1.82, 2.24) is 4.98 Å². The van der Waals surface area contributed by atoms with E-state index >= 15 is 0 Å². The lowest BCUT2D eigenvalue weighted by Crippen LogP contribution is -2.05. The van der Waals surface area contributed by atoms with Gasteiger partial charge < -0.3 is 4.74 Å². The van der Waals surface area contributed by atoms with E-state index in [4.69, 9.17) is 16.3 Å². The molecule has 0 saturated carbocycles. The number of halogens is 1. The second kappa shape index (κ2) is 6.91. The van der Waals surface area contributed by atoms with Crippen molar-refractivity contribution in [3.63, 3.8) is 0 Å². The summed E-state index contributed by atoms with van der Waals surface area (Å²) < 4.78 is 5.37. The zero-order valence-corrected chi connectivity index (χ0v) is 15.0. The van der Waals surface area contributed by atoms with Crippen molar-refractivity contribution >= 4 is 51.6 Å². The topological polar surface area (TPSA) is 39.2 Å². The predicted octanol–water partition coefficient (Wildman–Crippen LogP) is 5.34. The van der Waals surface area contributed by atoms with E-state index in [0.29, 0.717) is 15.6 Å². The third kappa shape index (κ3) is 3.52. The third-order valence-electron chi connectivity index (χ3n) is 3.46. The van der Waals surface area contributed by atoms with Crippen LogP contribution in [0.3, 0.4) is 0 Å². The van der Waals surface area contributed by atoms with E-state index < -0.39 is 0 Å². The molecule has 0 atom stereocenters. The molecule has 1 aromatic carbocycles. The fourth-order valence-corrected chi connectivity index (χ4v) is 3.64. The van der Waals surface area contributed by atoms with Gasteiger partial charge in [0.05, 0.1) is 5.52 Å². The molecule has 0 aliphatic carbocycles. The number of thiophene rings is 1. The first-order valence-corrected chi connectivity index (χ1v) is 9.41. The summed E-state index contributed by atoms with van der Waals surface area (Å²) >= 11 is 9.27. The van der Waals surface area contributed by atoms with Crippen LogP contribution in [-0.4, -0.2) is 17.2 Å². The van der Waals surface area contributed by atoms with Crippen molar-refractivity contribution in [1.29, 1.82) is 0 Å². The number of benzene rings is 1. The number of rotatable bonds is 4. The summed E-state index contributed by atoms with van der Waals surface area (Å²) in [5.41, 5.74) is 2.47. The highest BCUT2D eigenvalue weighted by atomic mass is 35.5. The van der Waals surface area contributed by atoms with Crippen molar-refractivity contribution in [2.75, 3.05) is 6.26 Å². The summed E-state index contributed by atoms with van der Waals surface area (Å²) in [6.07, 6.45) is 2.02. The Morgan fingerprint density at radius 3 is 2.87 bits per heavy atom. The van der Waals surface area contributed by atoms with Gasteiger partial charge in [-0.1, -0.05) is 17.7 Å². The van der Waals surface area contributed by atoms with E-state index in [1.807, 2.05) is 48.9 Å². The number of esters is 1. The largest absolute Gasteiger partial charge is 0.457 e. The molecule has 2 heterocycles. The first kappa shape index (κ1) is 16.3. The normalized spacial score (nSPS) is 10.9. The monoisotopic (exact) mass is 363 g/mol. The van der Waals surface area contributed by atoms with Gasteiger partial charge in [-0.25, -0.2) is 9.78 Å². The lowest BCUT2D eigenvalue weighted by Gasteiger charge is -2.08. The molecule has 6 heteroatoms. The maximum Gasteiger partial charge on any atom is 0.348 e. The van der Waals surface area contributed by atoms with Gasteiger partial charge in [0.2, 0.25) is 0 Å². The Bertz CT molecular complexity index is 876. The summed E-state index contributed by atoms with van der Waals surface area (Å²) in [7, 11) is 0. The highest BCUT2D eigenvalue weighted by Gasteiger charge is 2.14. The number of aryl methyl sites for hydroxylation is 1. The van der Waals surface area contributed by atoms with Crippen LogP contribution in [0.1, 0.15) is 20.8 Å². The van der Waals surface area contributed by atoms with Crippen molar-refractivity contribution in [2.45, 2.75) is 18.4 Å². The van der Waals surface area contributed by atoms with Gasteiger partial charge >= 0.3 is 5.97 Å². The summed E-state index contributed by atoms with van der Waals surface area (Å²) in [6.45, 7) is 2.00. The van der Waals surface area contributed by atoms with Gasteiger partial charge in [-0.15, -0.1) is 23.1 Å². The standard InChI is InChI=1S/C17H14ClNO2S2/c1-10-5-6-23-15(10)17(20)21-9-12-7-11-3-4-13(22-2)8-14(11)19-16(12)18/h3-8H,9H2,1-2H3. The van der Waals surface area contributed by atoms with E-state index in [2.05, 4.69) is 4.98 Å². The SMILES string of the molecule is CSc1ccc2cc(COC(=O)c3sccc3C)c(Cl)nc2c1. The number of pyridine rings is 1. The van der Waals surface area contributed by atoms with Gasteiger partial charge in [-0.05, 0) is 48.4 Å². The fraction of sp³-hybridized carbons (Fsp3) is 0.176. The molecule has 0 fully saturated rings. The van der Waals surface area contributed by atoms with Crippen LogP contribution in [0, 0.1) is 6.92 Å². The van der Waals surface area contributed by atoms with Crippen LogP contribution in [0.5, 0.6) is 0 Å². The van der Waals surface area contributed by atoms with Gasteiger partial charge in [0.1, 0.15) is 16.6 Å². The molecule has 3 rings (SSSR count). The van der Waals surface area contributed by atoms with Crippen LogP contribution in [0.2, 0.25) is 5.15 Å². The summed E-state index contributed by atoms with van der Waals surface area (Å²) in [6, 6.07) is 9.85. The molecule has 0 radical (unpaired) electrons. The number of fused-ring (bicyclic) bond motifs is 1. The first-order chi connectivity index (χ1) is 11.1. The van der Waals surface area contributed by atoms with E-state index in [1.54, 1.807) is 11.8 Å². The second-order valence-corrected chi connectivity index (χ2v) is 7.16. The minimum atomic E-state index is -0.327. The van der Waals surface area contributed by atoms with E-state index in [9.17, 15) is 4.79 Å². The molecule has 0 spiro atoms. The molecular formula is C17H14ClNO2S2. The molecule has 0 amide bonds. The maximum absolute atomic E-state index is 12.1. The Hall–Kier alpha value is -1.56. The lowest BCUT2D eigenvalue weighted by atomic mass is 10.1. The van der Waals surface area contributed by atoms with Crippen LogP contribution in [0.25, 0.3) is 10.9 Å². The maximum atomic E-state index is 12.1. The third-order valence-corrected chi connectivity index (χ3v) is 5.51. The van der Waals surface area contributed by atoms with Crippen LogP contribution in [0.15, 0.2) is 40.6 Å². The smallest absolute Gasteiger partial charge is 0.348 e. The average Bonchev–Trinajstić information content (AvgIpc) is 2.98. The minimum absolute atomic E-state index is 0.113. The minimum Gasteiger partial charge on any atom is -0.457 e. The molecule has 2 aromatic heterocycles. The molecule has 0 unspecified atom stereocenters. The van der Waals surface area contributed by atoms with Crippen molar-refractivity contribution in [2.24, 2.45) is 0 Å². The quantitative estimate of drug-likeness (QED) is 0.356. The van der Waals surface area contributed by atoms with Crippen molar-refractivity contribution in [3.05, 3.63) is 56.9 Å². The Labute approximate surface area is 147 Å². The molecule has 3 aromatic rings. The number of hydrogen-bond acceptors (Lipinski definition) is 5. The number of aromatic nitrogens is 1. The lowest BCUT2D eigenvalue weighted by molar-refractivity contribution is 0.0478. The van der Waals surface area contributed by atoms with Crippen LogP contribution >= 0.6 is 34.7 Å². The van der Waals surface area contributed by atoms with Gasteiger partial charge in [0.25, 0.3) is 0 Å². The number of carbonyl (C=O) groups is 1. The highest BCUT2D eigenvalue weighted by Crippen LogP contribution is 2.26. The van der Waals surface area contributed by atoms with Crippen LogP contribution in [-0.2, 0) is 11.3 Å². The molecule has 0 bridgehead atoms. The zero-order valence-electron chi connectivity index (χ0n) is 12.6. The van der Waals surface area contributed by atoms with Gasteiger partial charge in [0, 0.05) is 15.8 Å². The highest BCUT2D eigenvalue weighted by molar-refractivity contribution is 7.98. The van der Waals surface area contributed by atoms with Crippen molar-refractivity contribution in [3.8, 4) is 0 Å². The van der Waals surface area contributed by atoms with Gasteiger partial charge in [0.15, 0.2) is 0 Å². The number of thioether (sulfide) groups is 1. The molecule has 0 saturated heterocycles. The fourth-order valence-electron chi connectivity index (χ4n) is 2.19. The molecular weight excluding hydrogens is 350 g/mol. The summed E-state index contributed by atoms with van der Waals surface area (Å²) in [5, 5.41) is 3.22. The molecule has 0 aliphatic heterocycles. The van der Waals surface area contributed by atoms with Crippen molar-refractivity contribution < 1.29 is 9.53 Å². The first-order valence-electron chi connectivity index (χ1n) is 6.93. The molecule has 0 N–H and O–H groups in total. The molecule has 23 heavy (non-hydrogen) atoms. The van der Waals surface area contributed by atoms with Crippen LogP contribution in [0.4, 0.5) is 0 Å². The van der Waals surface area contributed by atoms with E-state index in [0.717, 1.165) is 21.4 Å². The number of carbonyl (C=O) groups excluding carboxylic acids is 1. The average molecular weight is 364 g/mol. The Morgan fingerprint density at radius 1 is 1.35 bits per heavy atom. The molecule has 0 aliphatic rings. The van der Waals surface area contributed by atoms with Gasteiger partial charge in [-0.3, -0.25) is 0 Å². The number of ether oxygens (including phenoxy) is 1. The van der Waals surface area contributed by atoms with E-state index in [1.165, 1.54) is 11.3 Å². The summed E-state index contributed by atoms with van der Waals surface area (Å²) in [5.74, 6) is -0.327. The van der Waals surface area contributed by atoms with E-state index in [-0.39, 0.29) is 12.6 Å². The Kier molecular flexibility index (Phi) is 4.90. The molecule has 118 valence electrons. The number of nitrogens with zero attached hydrogens (tertiary/aromatic N) is 1.